The van der Waals surface area contributed by atoms with Crippen molar-refractivity contribution in [1.82, 2.24) is 0 Å². The Kier molecular flexibility index (Phi) is 4.76. The summed E-state index contributed by atoms with van der Waals surface area (Å²) in [6, 6.07) is 4.88. The van der Waals surface area contributed by atoms with Crippen LogP contribution < -0.4 is 0 Å². The van der Waals surface area contributed by atoms with Gasteiger partial charge in [-0.2, -0.15) is 0 Å². The van der Waals surface area contributed by atoms with Crippen LogP contribution in [0.25, 0.3) is 5.76 Å². The SMILES string of the molecule is CCOC(=O)C(=O)C=C(O)c1ccc([N+](=O)[O-])cc1. The molecule has 1 rings (SSSR count). The van der Waals surface area contributed by atoms with Crippen molar-refractivity contribution in [2.45, 2.75) is 6.92 Å². The third-order valence-corrected chi connectivity index (χ3v) is 2.12. The molecule has 0 saturated carbocycles. The van der Waals surface area contributed by atoms with Crippen molar-refractivity contribution < 1.29 is 24.4 Å². The van der Waals surface area contributed by atoms with Gasteiger partial charge in [0.25, 0.3) is 11.5 Å². The predicted molar refractivity (Wildman–Crippen MR) is 65.3 cm³/mol. The molecule has 7 heteroatoms. The quantitative estimate of drug-likeness (QED) is 0.216. The van der Waals surface area contributed by atoms with Gasteiger partial charge in [-0.1, -0.05) is 0 Å². The van der Waals surface area contributed by atoms with Crippen LogP contribution >= 0.6 is 0 Å². The molecular weight excluding hydrogens is 254 g/mol. The Bertz CT molecular complexity index is 532. The monoisotopic (exact) mass is 265 g/mol. The van der Waals surface area contributed by atoms with Crippen LogP contribution in [-0.4, -0.2) is 28.4 Å². The van der Waals surface area contributed by atoms with Crippen molar-refractivity contribution in [3.8, 4) is 0 Å². The standard InChI is InChI=1S/C12H11NO6/c1-2-19-12(16)11(15)7-10(14)8-3-5-9(6-4-8)13(17)18/h3-7,14H,2H2,1H3. The average Bonchev–Trinajstić information content (AvgIpc) is 2.38. The zero-order chi connectivity index (χ0) is 14.4. The van der Waals surface area contributed by atoms with Gasteiger partial charge in [0, 0.05) is 23.8 Å². The molecule has 0 radical (unpaired) electrons. The molecule has 0 aliphatic heterocycles. The average molecular weight is 265 g/mol. The summed E-state index contributed by atoms with van der Waals surface area (Å²) in [6.45, 7) is 1.60. The number of rotatable bonds is 5. The second-order valence-corrected chi connectivity index (χ2v) is 3.42. The number of hydrogen-bond acceptors (Lipinski definition) is 6. The van der Waals surface area contributed by atoms with Gasteiger partial charge in [-0.3, -0.25) is 14.9 Å². The molecule has 1 aromatic carbocycles. The van der Waals surface area contributed by atoms with Crippen LogP contribution in [0.3, 0.4) is 0 Å². The minimum Gasteiger partial charge on any atom is -0.507 e. The minimum absolute atomic E-state index is 0.0523. The summed E-state index contributed by atoms with van der Waals surface area (Å²) in [5.74, 6) is -2.54. The highest BCUT2D eigenvalue weighted by Gasteiger charge is 2.14. The third kappa shape index (κ3) is 3.91. The number of nitro groups is 1. The van der Waals surface area contributed by atoms with Crippen molar-refractivity contribution >= 4 is 23.2 Å². The number of ketones is 1. The number of ether oxygens (including phenoxy) is 1. The first-order valence-electron chi connectivity index (χ1n) is 5.32. The van der Waals surface area contributed by atoms with Gasteiger partial charge in [0.1, 0.15) is 5.76 Å². The second-order valence-electron chi connectivity index (χ2n) is 3.42. The van der Waals surface area contributed by atoms with Gasteiger partial charge < -0.3 is 9.84 Å². The van der Waals surface area contributed by atoms with Gasteiger partial charge in [0.2, 0.25) is 0 Å². The third-order valence-electron chi connectivity index (χ3n) is 2.12. The summed E-state index contributed by atoms with van der Waals surface area (Å²) < 4.78 is 4.46. The highest BCUT2D eigenvalue weighted by atomic mass is 16.6. The van der Waals surface area contributed by atoms with E-state index < -0.39 is 22.4 Å². The number of nitro benzene ring substituents is 1. The Morgan fingerprint density at radius 1 is 1.37 bits per heavy atom. The summed E-state index contributed by atoms with van der Waals surface area (Å²) in [7, 11) is 0. The highest BCUT2D eigenvalue weighted by Crippen LogP contribution is 2.16. The molecule has 0 aromatic heterocycles. The van der Waals surface area contributed by atoms with Crippen molar-refractivity contribution in [2.24, 2.45) is 0 Å². The van der Waals surface area contributed by atoms with E-state index in [1.807, 2.05) is 0 Å². The van der Waals surface area contributed by atoms with E-state index in [9.17, 15) is 24.8 Å². The number of aliphatic hydroxyl groups excluding tert-OH is 1. The van der Waals surface area contributed by atoms with E-state index in [4.69, 9.17) is 0 Å². The van der Waals surface area contributed by atoms with Gasteiger partial charge in [-0.25, -0.2) is 4.79 Å². The Morgan fingerprint density at radius 3 is 2.42 bits per heavy atom. The van der Waals surface area contributed by atoms with Gasteiger partial charge in [0.05, 0.1) is 11.5 Å². The van der Waals surface area contributed by atoms with E-state index in [-0.39, 0.29) is 17.9 Å². The largest absolute Gasteiger partial charge is 0.507 e. The molecule has 0 aliphatic carbocycles. The fraction of sp³-hybridized carbons (Fsp3) is 0.167. The fourth-order valence-electron chi connectivity index (χ4n) is 1.22. The lowest BCUT2D eigenvalue weighted by Gasteiger charge is -2.00. The molecule has 0 aliphatic rings. The van der Waals surface area contributed by atoms with Crippen LogP contribution in [0.15, 0.2) is 30.3 Å². The van der Waals surface area contributed by atoms with Crippen LogP contribution in [0, 0.1) is 10.1 Å². The molecule has 0 fully saturated rings. The zero-order valence-corrected chi connectivity index (χ0v) is 10.0. The van der Waals surface area contributed by atoms with E-state index in [0.29, 0.717) is 6.08 Å². The summed E-state index contributed by atoms with van der Waals surface area (Å²) in [5.41, 5.74) is 0.0384. The van der Waals surface area contributed by atoms with E-state index in [0.717, 1.165) is 0 Å². The van der Waals surface area contributed by atoms with Gasteiger partial charge in [-0.05, 0) is 19.1 Å². The summed E-state index contributed by atoms with van der Waals surface area (Å²) >= 11 is 0. The molecule has 0 bridgehead atoms. The Balaban J connectivity index is 2.87. The number of aliphatic hydroxyl groups is 1. The molecule has 0 unspecified atom stereocenters. The maximum atomic E-state index is 11.3. The number of esters is 1. The maximum Gasteiger partial charge on any atom is 0.379 e. The smallest absolute Gasteiger partial charge is 0.379 e. The zero-order valence-electron chi connectivity index (χ0n) is 10.0. The number of non-ortho nitro benzene ring substituents is 1. The molecule has 0 spiro atoms. The van der Waals surface area contributed by atoms with Crippen LogP contribution in [-0.2, 0) is 14.3 Å². The molecule has 0 amide bonds. The Hall–Kier alpha value is -2.70. The minimum atomic E-state index is -1.07. The number of carbonyl (C=O) groups is 2. The maximum absolute atomic E-state index is 11.3. The van der Waals surface area contributed by atoms with E-state index in [1.165, 1.54) is 24.3 Å². The van der Waals surface area contributed by atoms with Crippen LogP contribution in [0.4, 0.5) is 5.69 Å². The van der Waals surface area contributed by atoms with E-state index in [1.54, 1.807) is 6.92 Å². The second kappa shape index (κ2) is 6.29. The van der Waals surface area contributed by atoms with E-state index >= 15 is 0 Å². The first-order valence-corrected chi connectivity index (χ1v) is 5.32. The molecule has 0 atom stereocenters. The summed E-state index contributed by atoms with van der Waals surface area (Å²) in [4.78, 5) is 32.2. The van der Waals surface area contributed by atoms with Gasteiger partial charge >= 0.3 is 5.97 Å². The van der Waals surface area contributed by atoms with Gasteiger partial charge in [0.15, 0.2) is 0 Å². The molecule has 1 N–H and O–H groups in total. The predicted octanol–water partition coefficient (Wildman–Crippen LogP) is 1.63. The lowest BCUT2D eigenvalue weighted by Crippen LogP contribution is -2.15. The Labute approximate surface area is 108 Å². The van der Waals surface area contributed by atoms with Gasteiger partial charge in [-0.15, -0.1) is 0 Å². The molecule has 19 heavy (non-hydrogen) atoms. The number of nitrogens with zero attached hydrogens (tertiary/aromatic N) is 1. The normalized spacial score (nSPS) is 10.9. The van der Waals surface area contributed by atoms with Crippen LogP contribution in [0.5, 0.6) is 0 Å². The first kappa shape index (κ1) is 14.4. The lowest BCUT2D eigenvalue weighted by atomic mass is 10.1. The van der Waals surface area contributed by atoms with Crippen LogP contribution in [0.2, 0.25) is 0 Å². The molecule has 7 nitrogen and oxygen atoms in total. The van der Waals surface area contributed by atoms with Crippen molar-refractivity contribution in [2.75, 3.05) is 6.61 Å². The summed E-state index contributed by atoms with van der Waals surface area (Å²) in [6.07, 6.45) is 0.708. The molecule has 1 aromatic rings. The Morgan fingerprint density at radius 2 is 1.95 bits per heavy atom. The molecular formula is C12H11NO6. The number of hydrogen-bond donors (Lipinski definition) is 1. The van der Waals surface area contributed by atoms with E-state index in [2.05, 4.69) is 4.74 Å². The van der Waals surface area contributed by atoms with Crippen molar-refractivity contribution in [3.05, 3.63) is 46.0 Å². The number of carbonyl (C=O) groups excluding carboxylic acids is 2. The fourth-order valence-corrected chi connectivity index (χ4v) is 1.22. The van der Waals surface area contributed by atoms with Crippen molar-refractivity contribution in [1.29, 1.82) is 0 Å². The first-order chi connectivity index (χ1) is 8.95. The number of benzene rings is 1. The molecule has 100 valence electrons. The molecule has 0 heterocycles. The highest BCUT2D eigenvalue weighted by molar-refractivity contribution is 6.39. The van der Waals surface area contributed by atoms with Crippen molar-refractivity contribution in [3.63, 3.8) is 0 Å². The lowest BCUT2D eigenvalue weighted by molar-refractivity contribution is -0.384. The molecule has 0 saturated heterocycles. The topological polar surface area (TPSA) is 107 Å². The van der Waals surface area contributed by atoms with Crippen LogP contribution in [0.1, 0.15) is 12.5 Å². The summed E-state index contributed by atoms with van der Waals surface area (Å²) in [5, 5.41) is 20.0.